The van der Waals surface area contributed by atoms with E-state index in [4.69, 9.17) is 24.7 Å². The fraction of sp³-hybridized carbons (Fsp3) is 0.840. The number of epoxide rings is 1. The summed E-state index contributed by atoms with van der Waals surface area (Å²) in [5, 5.41) is 5.61. The van der Waals surface area contributed by atoms with Crippen LogP contribution in [0.4, 0.5) is 4.79 Å². The third kappa shape index (κ3) is 8.52. The van der Waals surface area contributed by atoms with Gasteiger partial charge in [0.25, 0.3) is 0 Å². The van der Waals surface area contributed by atoms with Gasteiger partial charge in [-0.25, -0.2) is 4.79 Å². The van der Waals surface area contributed by atoms with Crippen molar-refractivity contribution in [2.45, 2.75) is 89.6 Å². The Morgan fingerprint density at radius 2 is 1.79 bits per heavy atom. The highest BCUT2D eigenvalue weighted by atomic mass is 16.6. The van der Waals surface area contributed by atoms with Crippen molar-refractivity contribution >= 4 is 12.0 Å². The van der Waals surface area contributed by atoms with E-state index in [1.807, 2.05) is 13.8 Å². The summed E-state index contributed by atoms with van der Waals surface area (Å²) in [7, 11) is 1.66. The predicted molar refractivity (Wildman–Crippen MR) is 130 cm³/mol. The summed E-state index contributed by atoms with van der Waals surface area (Å²) in [6, 6.07) is 0. The third-order valence-corrected chi connectivity index (χ3v) is 6.74. The summed E-state index contributed by atoms with van der Waals surface area (Å²) < 4.78 is 23.9. The van der Waals surface area contributed by atoms with Gasteiger partial charge in [-0.3, -0.25) is 4.79 Å². The Labute approximate surface area is 204 Å². The minimum Gasteiger partial charge on any atom is -0.443 e. The van der Waals surface area contributed by atoms with Crippen LogP contribution < -0.4 is 16.4 Å². The topological polar surface area (TPSA) is 124 Å². The number of allylic oxidation sites excluding steroid dienone is 1. The van der Waals surface area contributed by atoms with E-state index in [0.29, 0.717) is 32.7 Å². The maximum Gasteiger partial charge on any atom is 0.407 e. The summed E-state index contributed by atoms with van der Waals surface area (Å²) >= 11 is 0. The highest BCUT2D eigenvalue weighted by molar-refractivity contribution is 5.77. The largest absolute Gasteiger partial charge is 0.443 e. The lowest BCUT2D eigenvalue weighted by atomic mass is 9.68. The normalized spacial score (nSPS) is 26.1. The number of methoxy groups -OCH3 is 1. The van der Waals surface area contributed by atoms with Gasteiger partial charge < -0.3 is 35.3 Å². The molecular weight excluding hydrogens is 438 g/mol. The molecule has 196 valence electrons. The van der Waals surface area contributed by atoms with Crippen LogP contribution in [-0.2, 0) is 23.7 Å². The Hall–Kier alpha value is -1.68. The first kappa shape index (κ1) is 28.6. The van der Waals surface area contributed by atoms with Crippen molar-refractivity contribution in [1.82, 2.24) is 10.6 Å². The molecule has 1 saturated heterocycles. The van der Waals surface area contributed by atoms with Crippen LogP contribution in [0.2, 0.25) is 0 Å². The zero-order valence-corrected chi connectivity index (χ0v) is 21.6. The molecule has 4 N–H and O–H groups in total. The predicted octanol–water partition coefficient (Wildman–Crippen LogP) is 2.67. The summed E-state index contributed by atoms with van der Waals surface area (Å²) in [5.74, 6) is -0.187. The third-order valence-electron chi connectivity index (χ3n) is 6.74. The van der Waals surface area contributed by atoms with Gasteiger partial charge in [-0.15, -0.1) is 0 Å². The summed E-state index contributed by atoms with van der Waals surface area (Å²) in [4.78, 5) is 23.6. The van der Waals surface area contributed by atoms with Crippen molar-refractivity contribution in [2.75, 3.05) is 40.0 Å². The number of unbranched alkanes of at least 4 members (excludes halogenated alkanes) is 3. The maximum atomic E-state index is 12.5. The number of amides is 2. The quantitative estimate of drug-likeness (QED) is 0.197. The number of hydrogen-bond acceptors (Lipinski definition) is 7. The molecule has 34 heavy (non-hydrogen) atoms. The van der Waals surface area contributed by atoms with Crippen LogP contribution in [-0.4, -0.2) is 75.4 Å². The molecule has 1 heterocycles. The van der Waals surface area contributed by atoms with Gasteiger partial charge >= 0.3 is 6.09 Å². The Kier molecular flexibility index (Phi) is 11.3. The van der Waals surface area contributed by atoms with E-state index in [1.165, 1.54) is 5.57 Å². The second kappa shape index (κ2) is 13.4. The molecule has 0 aromatic carbocycles. The molecule has 0 bridgehead atoms. The molecule has 2 rings (SSSR count). The summed E-state index contributed by atoms with van der Waals surface area (Å²) in [6.45, 7) is 10.6. The van der Waals surface area contributed by atoms with Crippen molar-refractivity contribution in [3.63, 3.8) is 0 Å². The average molecular weight is 484 g/mol. The van der Waals surface area contributed by atoms with E-state index >= 15 is 0 Å². The SMILES string of the molecule is COC1C(OC(=O)NCCCCCCNC(=O)CN)CC[C@]2(CO2)C1C(C)(C)OCC=C(C)C. The van der Waals surface area contributed by atoms with E-state index in [9.17, 15) is 9.59 Å². The van der Waals surface area contributed by atoms with Crippen molar-refractivity contribution < 1.29 is 28.5 Å². The Morgan fingerprint density at radius 1 is 1.15 bits per heavy atom. The molecule has 2 amide bonds. The van der Waals surface area contributed by atoms with Crippen LogP contribution in [0.15, 0.2) is 11.6 Å². The Bertz CT molecular complexity index is 688. The van der Waals surface area contributed by atoms with Crippen LogP contribution in [0.1, 0.15) is 66.2 Å². The number of carbonyl (C=O) groups is 2. The van der Waals surface area contributed by atoms with E-state index < -0.39 is 11.7 Å². The van der Waals surface area contributed by atoms with E-state index in [-0.39, 0.29) is 36.2 Å². The molecular formula is C25H45N3O6. The Balaban J connectivity index is 1.80. The molecule has 4 atom stereocenters. The van der Waals surface area contributed by atoms with Crippen molar-refractivity contribution in [2.24, 2.45) is 11.7 Å². The highest BCUT2D eigenvalue weighted by Gasteiger charge is 2.64. The maximum absolute atomic E-state index is 12.5. The first-order valence-corrected chi connectivity index (χ1v) is 12.5. The van der Waals surface area contributed by atoms with Crippen molar-refractivity contribution in [3.05, 3.63) is 11.6 Å². The standard InChI is InChI=1S/C25H45N3O6/c1-18(2)11-15-32-24(3,4)22-21(31-5)19(10-12-25(22)17-33-25)34-23(30)28-14-9-7-6-8-13-27-20(29)16-26/h11,19,21-22H,6-10,12-17,26H2,1-5H3,(H,27,29)(H,28,30)/t19?,21?,22?,25-/m0/s1. The zero-order chi connectivity index (χ0) is 25.2. The van der Waals surface area contributed by atoms with Crippen molar-refractivity contribution in [1.29, 1.82) is 0 Å². The molecule has 0 aromatic rings. The van der Waals surface area contributed by atoms with Gasteiger partial charge in [0.2, 0.25) is 5.91 Å². The number of ether oxygens (including phenoxy) is 4. The Morgan fingerprint density at radius 3 is 2.35 bits per heavy atom. The van der Waals surface area contributed by atoms with Crippen LogP contribution in [0, 0.1) is 5.92 Å². The molecule has 9 heteroatoms. The fourth-order valence-electron chi connectivity index (χ4n) is 4.87. The van der Waals surface area contributed by atoms with Gasteiger partial charge in [-0.2, -0.15) is 0 Å². The fourth-order valence-corrected chi connectivity index (χ4v) is 4.87. The van der Waals surface area contributed by atoms with Gasteiger partial charge in [0.1, 0.15) is 12.2 Å². The summed E-state index contributed by atoms with van der Waals surface area (Å²) in [6.07, 6.45) is 6.15. The van der Waals surface area contributed by atoms with E-state index in [1.54, 1.807) is 7.11 Å². The van der Waals surface area contributed by atoms with Gasteiger partial charge in [0.15, 0.2) is 0 Å². The molecule has 0 radical (unpaired) electrons. The number of rotatable bonds is 14. The van der Waals surface area contributed by atoms with Gasteiger partial charge in [0, 0.05) is 26.1 Å². The molecule has 1 aliphatic carbocycles. The second-order valence-corrected chi connectivity index (χ2v) is 10.1. The smallest absolute Gasteiger partial charge is 0.407 e. The molecule has 1 saturated carbocycles. The lowest BCUT2D eigenvalue weighted by Gasteiger charge is -2.47. The number of alkyl carbamates (subject to hydrolysis) is 1. The van der Waals surface area contributed by atoms with Crippen LogP contribution >= 0.6 is 0 Å². The first-order valence-electron chi connectivity index (χ1n) is 12.5. The first-order chi connectivity index (χ1) is 16.1. The lowest BCUT2D eigenvalue weighted by Crippen LogP contribution is -2.59. The molecule has 1 spiro atoms. The molecule has 1 aliphatic heterocycles. The molecule has 2 aliphatic rings. The lowest BCUT2D eigenvalue weighted by molar-refractivity contribution is -0.172. The number of nitrogens with two attached hydrogens (primary N) is 1. The van der Waals surface area contributed by atoms with Crippen molar-refractivity contribution in [3.8, 4) is 0 Å². The van der Waals surface area contributed by atoms with E-state index in [2.05, 4.69) is 30.6 Å². The van der Waals surface area contributed by atoms with E-state index in [0.717, 1.165) is 32.1 Å². The second-order valence-electron chi connectivity index (χ2n) is 10.1. The van der Waals surface area contributed by atoms with Crippen LogP contribution in [0.5, 0.6) is 0 Å². The molecule has 2 fully saturated rings. The number of carbonyl (C=O) groups excluding carboxylic acids is 2. The molecule has 9 nitrogen and oxygen atoms in total. The highest BCUT2D eigenvalue weighted by Crippen LogP contribution is 2.52. The van der Waals surface area contributed by atoms with Crippen LogP contribution in [0.25, 0.3) is 0 Å². The number of nitrogens with one attached hydrogen (secondary N) is 2. The summed E-state index contributed by atoms with van der Waals surface area (Å²) in [5.41, 5.74) is 5.68. The minimum absolute atomic E-state index is 0.0200. The van der Waals surface area contributed by atoms with Crippen LogP contribution in [0.3, 0.4) is 0 Å². The molecule has 3 unspecified atom stereocenters. The average Bonchev–Trinajstić information content (AvgIpc) is 3.55. The molecule has 0 aromatic heterocycles. The van der Waals surface area contributed by atoms with Gasteiger partial charge in [-0.05, 0) is 53.4 Å². The minimum atomic E-state index is -0.509. The van der Waals surface area contributed by atoms with Gasteiger partial charge in [-0.1, -0.05) is 24.5 Å². The van der Waals surface area contributed by atoms with Gasteiger partial charge in [0.05, 0.1) is 31.0 Å². The zero-order valence-electron chi connectivity index (χ0n) is 21.6. The number of hydrogen-bond donors (Lipinski definition) is 3. The monoisotopic (exact) mass is 483 g/mol.